The minimum absolute atomic E-state index is 0.151. The molecule has 1 aromatic heterocycles. The summed E-state index contributed by atoms with van der Waals surface area (Å²) in [5.74, 6) is -0.645. The minimum atomic E-state index is -0.660. The molecule has 3 N–H and O–H groups in total. The van der Waals surface area contributed by atoms with E-state index in [2.05, 4.69) is 10.6 Å². The lowest BCUT2D eigenvalue weighted by atomic mass is 10.0. The SMILES string of the molecule is CCC(C)(CO)NC(=O)CNC(=O)c1ccco1. The van der Waals surface area contributed by atoms with Gasteiger partial charge in [0.05, 0.1) is 25.0 Å². The molecule has 0 bridgehead atoms. The third-order valence-electron chi connectivity index (χ3n) is 2.72. The molecule has 18 heavy (non-hydrogen) atoms. The second-order valence-electron chi connectivity index (χ2n) is 4.28. The summed E-state index contributed by atoms with van der Waals surface area (Å²) in [4.78, 5) is 23.1. The minimum Gasteiger partial charge on any atom is -0.459 e. The number of aliphatic hydroxyl groups excluding tert-OH is 1. The van der Waals surface area contributed by atoms with E-state index in [1.165, 1.54) is 12.3 Å². The van der Waals surface area contributed by atoms with Crippen LogP contribution in [0.25, 0.3) is 0 Å². The fraction of sp³-hybridized carbons (Fsp3) is 0.500. The van der Waals surface area contributed by atoms with Crippen LogP contribution in [0.1, 0.15) is 30.8 Å². The normalized spacial score (nSPS) is 13.7. The van der Waals surface area contributed by atoms with Gasteiger partial charge in [0.2, 0.25) is 5.91 Å². The number of hydrogen-bond acceptors (Lipinski definition) is 4. The molecule has 1 aromatic rings. The first-order valence-electron chi connectivity index (χ1n) is 5.74. The maximum atomic E-state index is 11.6. The number of aliphatic hydroxyl groups is 1. The van der Waals surface area contributed by atoms with Crippen molar-refractivity contribution in [1.82, 2.24) is 10.6 Å². The molecule has 6 heteroatoms. The molecule has 0 saturated heterocycles. The summed E-state index contributed by atoms with van der Waals surface area (Å²) in [5, 5.41) is 14.2. The van der Waals surface area contributed by atoms with Crippen molar-refractivity contribution >= 4 is 11.8 Å². The van der Waals surface area contributed by atoms with Crippen molar-refractivity contribution in [2.24, 2.45) is 0 Å². The van der Waals surface area contributed by atoms with Crippen LogP contribution in [0.3, 0.4) is 0 Å². The second kappa shape index (κ2) is 6.20. The summed E-state index contributed by atoms with van der Waals surface area (Å²) in [6, 6.07) is 3.10. The van der Waals surface area contributed by atoms with Gasteiger partial charge in [0.25, 0.3) is 5.91 Å². The van der Waals surface area contributed by atoms with Gasteiger partial charge in [-0.1, -0.05) is 6.92 Å². The highest BCUT2D eigenvalue weighted by Gasteiger charge is 2.23. The average molecular weight is 254 g/mol. The van der Waals surface area contributed by atoms with Gasteiger partial charge in [-0.05, 0) is 25.5 Å². The number of amides is 2. The van der Waals surface area contributed by atoms with E-state index in [0.29, 0.717) is 6.42 Å². The van der Waals surface area contributed by atoms with Gasteiger partial charge < -0.3 is 20.2 Å². The molecule has 0 radical (unpaired) electrons. The van der Waals surface area contributed by atoms with Gasteiger partial charge in [-0.2, -0.15) is 0 Å². The Bertz CT molecular complexity index is 396. The van der Waals surface area contributed by atoms with E-state index >= 15 is 0 Å². The maximum Gasteiger partial charge on any atom is 0.287 e. The van der Waals surface area contributed by atoms with Crippen molar-refractivity contribution in [2.75, 3.05) is 13.2 Å². The van der Waals surface area contributed by atoms with Crippen molar-refractivity contribution in [3.63, 3.8) is 0 Å². The van der Waals surface area contributed by atoms with Gasteiger partial charge in [-0.3, -0.25) is 9.59 Å². The van der Waals surface area contributed by atoms with E-state index in [1.807, 2.05) is 6.92 Å². The summed E-state index contributed by atoms with van der Waals surface area (Å²) in [6.07, 6.45) is 1.98. The van der Waals surface area contributed by atoms with Crippen molar-refractivity contribution in [3.05, 3.63) is 24.2 Å². The summed E-state index contributed by atoms with van der Waals surface area (Å²) >= 11 is 0. The Morgan fingerprint density at radius 3 is 2.72 bits per heavy atom. The Morgan fingerprint density at radius 1 is 1.50 bits per heavy atom. The van der Waals surface area contributed by atoms with Gasteiger partial charge in [-0.25, -0.2) is 0 Å². The molecule has 1 unspecified atom stereocenters. The zero-order valence-electron chi connectivity index (χ0n) is 10.5. The molecule has 0 aliphatic carbocycles. The largest absolute Gasteiger partial charge is 0.459 e. The molecule has 2 amide bonds. The first kappa shape index (κ1) is 14.2. The highest BCUT2D eigenvalue weighted by Crippen LogP contribution is 2.06. The molecule has 6 nitrogen and oxygen atoms in total. The Morgan fingerprint density at radius 2 is 2.22 bits per heavy atom. The van der Waals surface area contributed by atoms with Gasteiger partial charge in [0, 0.05) is 0 Å². The molecule has 1 atom stereocenters. The van der Waals surface area contributed by atoms with Crippen LogP contribution >= 0.6 is 0 Å². The van der Waals surface area contributed by atoms with Gasteiger partial charge in [0.1, 0.15) is 0 Å². The number of hydrogen-bond donors (Lipinski definition) is 3. The van der Waals surface area contributed by atoms with Crippen LogP contribution in [0.15, 0.2) is 22.8 Å². The predicted molar refractivity (Wildman–Crippen MR) is 65.0 cm³/mol. The van der Waals surface area contributed by atoms with E-state index in [4.69, 9.17) is 9.52 Å². The molecule has 1 heterocycles. The molecule has 0 fully saturated rings. The van der Waals surface area contributed by atoms with Crippen LogP contribution in [0.2, 0.25) is 0 Å². The molecular formula is C12H18N2O4. The first-order valence-corrected chi connectivity index (χ1v) is 5.74. The van der Waals surface area contributed by atoms with Crippen LogP contribution in [0.4, 0.5) is 0 Å². The van der Waals surface area contributed by atoms with E-state index in [0.717, 1.165) is 0 Å². The first-order chi connectivity index (χ1) is 8.50. The fourth-order valence-corrected chi connectivity index (χ4v) is 1.28. The highest BCUT2D eigenvalue weighted by atomic mass is 16.3. The Hall–Kier alpha value is -1.82. The zero-order chi connectivity index (χ0) is 13.6. The molecular weight excluding hydrogens is 236 g/mol. The number of carbonyl (C=O) groups is 2. The quantitative estimate of drug-likeness (QED) is 0.680. The van der Waals surface area contributed by atoms with Crippen LogP contribution in [0.5, 0.6) is 0 Å². The summed E-state index contributed by atoms with van der Waals surface area (Å²) in [6.45, 7) is 3.29. The molecule has 100 valence electrons. The smallest absolute Gasteiger partial charge is 0.287 e. The van der Waals surface area contributed by atoms with E-state index in [9.17, 15) is 9.59 Å². The monoisotopic (exact) mass is 254 g/mol. The lowest BCUT2D eigenvalue weighted by molar-refractivity contribution is -0.122. The molecule has 0 aliphatic heterocycles. The predicted octanol–water partition coefficient (Wildman–Crippen LogP) is 0.287. The summed E-state index contributed by atoms with van der Waals surface area (Å²) in [5.41, 5.74) is -0.660. The Labute approximate surface area is 105 Å². The molecule has 0 aromatic carbocycles. The van der Waals surface area contributed by atoms with Gasteiger partial charge in [0.15, 0.2) is 5.76 Å². The second-order valence-corrected chi connectivity index (χ2v) is 4.28. The van der Waals surface area contributed by atoms with Crippen LogP contribution < -0.4 is 10.6 Å². The van der Waals surface area contributed by atoms with E-state index in [1.54, 1.807) is 13.0 Å². The highest BCUT2D eigenvalue weighted by molar-refractivity contribution is 5.94. The van der Waals surface area contributed by atoms with Crippen LogP contribution in [-0.2, 0) is 4.79 Å². The van der Waals surface area contributed by atoms with Crippen molar-refractivity contribution in [1.29, 1.82) is 0 Å². The van der Waals surface area contributed by atoms with Crippen molar-refractivity contribution in [2.45, 2.75) is 25.8 Å². The molecule has 0 saturated carbocycles. The van der Waals surface area contributed by atoms with E-state index in [-0.39, 0.29) is 24.8 Å². The standard InChI is InChI=1S/C12H18N2O4/c1-3-12(2,8-15)14-10(16)7-13-11(17)9-5-4-6-18-9/h4-6,15H,3,7-8H2,1-2H3,(H,13,17)(H,14,16). The number of nitrogens with one attached hydrogen (secondary N) is 2. The fourth-order valence-electron chi connectivity index (χ4n) is 1.28. The summed E-state index contributed by atoms with van der Waals surface area (Å²) < 4.78 is 4.89. The summed E-state index contributed by atoms with van der Waals surface area (Å²) in [7, 11) is 0. The number of furan rings is 1. The lowest BCUT2D eigenvalue weighted by Gasteiger charge is -2.27. The Kier molecular flexibility index (Phi) is 4.91. The lowest BCUT2D eigenvalue weighted by Crippen LogP contribution is -2.51. The maximum absolute atomic E-state index is 11.6. The molecule has 0 aliphatic rings. The topological polar surface area (TPSA) is 91.6 Å². The third kappa shape index (κ3) is 3.89. The van der Waals surface area contributed by atoms with Crippen molar-refractivity contribution in [3.8, 4) is 0 Å². The van der Waals surface area contributed by atoms with Gasteiger partial charge in [-0.15, -0.1) is 0 Å². The van der Waals surface area contributed by atoms with Gasteiger partial charge >= 0.3 is 0 Å². The van der Waals surface area contributed by atoms with Crippen LogP contribution in [-0.4, -0.2) is 35.6 Å². The van der Waals surface area contributed by atoms with Crippen LogP contribution in [0, 0.1) is 0 Å². The zero-order valence-corrected chi connectivity index (χ0v) is 10.5. The van der Waals surface area contributed by atoms with Crippen molar-refractivity contribution < 1.29 is 19.1 Å². The third-order valence-corrected chi connectivity index (χ3v) is 2.72. The number of rotatable bonds is 6. The molecule has 1 rings (SSSR count). The molecule has 0 spiro atoms. The Balaban J connectivity index is 2.40. The van der Waals surface area contributed by atoms with E-state index < -0.39 is 11.4 Å². The average Bonchev–Trinajstić information content (AvgIpc) is 2.89. The number of carbonyl (C=O) groups excluding carboxylic acids is 2.